The van der Waals surface area contributed by atoms with Gasteiger partial charge in [0.1, 0.15) is 5.82 Å². The van der Waals surface area contributed by atoms with Gasteiger partial charge < -0.3 is 10.2 Å². The molecule has 1 fully saturated rings. The Kier molecular flexibility index (Phi) is 6.61. The van der Waals surface area contributed by atoms with E-state index in [1.54, 1.807) is 24.3 Å². The Hall–Kier alpha value is -2.21. The number of anilines is 1. The number of piperidine rings is 1. The molecule has 1 aromatic carbocycles. The van der Waals surface area contributed by atoms with Crippen molar-refractivity contribution in [3.05, 3.63) is 52.0 Å². The zero-order chi connectivity index (χ0) is 19.2. The fraction of sp³-hybridized carbons (Fsp3) is 0.429. The monoisotopic (exact) mass is 388 g/mol. The molecule has 1 aliphatic heterocycles. The van der Waals surface area contributed by atoms with E-state index in [2.05, 4.69) is 5.32 Å². The predicted octanol–water partition coefficient (Wildman–Crippen LogP) is 4.40. The lowest BCUT2D eigenvalue weighted by atomic mass is 9.93. The van der Waals surface area contributed by atoms with Gasteiger partial charge in [-0.25, -0.2) is 4.39 Å². The number of rotatable bonds is 6. The van der Waals surface area contributed by atoms with Crippen molar-refractivity contribution in [3.8, 4) is 0 Å². The number of thiophene rings is 1. The van der Waals surface area contributed by atoms with Gasteiger partial charge in [0, 0.05) is 25.2 Å². The number of hydrogen-bond acceptors (Lipinski definition) is 3. The molecular formula is C21H25FN2O2S. The van der Waals surface area contributed by atoms with Gasteiger partial charge in [0.05, 0.1) is 6.42 Å². The van der Waals surface area contributed by atoms with E-state index in [0.29, 0.717) is 30.0 Å². The number of benzene rings is 1. The van der Waals surface area contributed by atoms with Gasteiger partial charge in [0.25, 0.3) is 0 Å². The van der Waals surface area contributed by atoms with Crippen LogP contribution in [-0.2, 0) is 16.0 Å². The van der Waals surface area contributed by atoms with Crippen molar-refractivity contribution in [3.63, 3.8) is 0 Å². The van der Waals surface area contributed by atoms with Crippen molar-refractivity contribution in [1.82, 2.24) is 4.90 Å². The molecule has 2 heterocycles. The van der Waals surface area contributed by atoms with Crippen LogP contribution in [0.1, 0.15) is 36.8 Å². The first-order chi connectivity index (χ1) is 13.0. The number of carbonyl (C=O) groups excluding carboxylic acids is 2. The third kappa shape index (κ3) is 5.63. The molecule has 2 aromatic rings. The van der Waals surface area contributed by atoms with Crippen molar-refractivity contribution >= 4 is 28.8 Å². The first-order valence-electron chi connectivity index (χ1n) is 9.36. The molecule has 0 spiro atoms. The molecular weight excluding hydrogens is 363 g/mol. The van der Waals surface area contributed by atoms with Gasteiger partial charge >= 0.3 is 0 Å². The third-order valence-electron chi connectivity index (χ3n) is 5.05. The van der Waals surface area contributed by atoms with Gasteiger partial charge in [0.15, 0.2) is 0 Å². The minimum atomic E-state index is -0.306. The minimum absolute atomic E-state index is 0.0635. The summed E-state index contributed by atoms with van der Waals surface area (Å²) in [5.41, 5.74) is 2.44. The Labute approximate surface area is 163 Å². The largest absolute Gasteiger partial charge is 0.342 e. The Morgan fingerprint density at radius 3 is 2.93 bits per heavy atom. The standard InChI is InChI=1S/C21H25FN2O2S/c1-15-11-18(22)5-6-19(15)23-20(25)7-4-16-3-2-9-24(13-16)21(26)12-17-8-10-27-14-17/h5-6,8,10-11,14,16H,2-4,7,9,12-13H2,1H3,(H,23,25)/t16-/m0/s1. The highest BCUT2D eigenvalue weighted by Crippen LogP contribution is 2.23. The maximum absolute atomic E-state index is 13.2. The molecule has 1 saturated heterocycles. The molecule has 0 saturated carbocycles. The van der Waals surface area contributed by atoms with Crippen LogP contribution in [0.3, 0.4) is 0 Å². The van der Waals surface area contributed by atoms with Gasteiger partial charge in [-0.3, -0.25) is 9.59 Å². The fourth-order valence-electron chi connectivity index (χ4n) is 3.52. The second-order valence-corrected chi connectivity index (χ2v) is 7.98. The summed E-state index contributed by atoms with van der Waals surface area (Å²) in [6.07, 6.45) is 3.66. The number of aryl methyl sites for hydroxylation is 1. The van der Waals surface area contributed by atoms with Crippen LogP contribution in [0.4, 0.5) is 10.1 Å². The van der Waals surface area contributed by atoms with Crippen LogP contribution < -0.4 is 5.32 Å². The number of hydrogen-bond donors (Lipinski definition) is 1. The lowest BCUT2D eigenvalue weighted by Gasteiger charge is -2.32. The SMILES string of the molecule is Cc1cc(F)ccc1NC(=O)CC[C@@H]1CCCN(C(=O)Cc2ccsc2)C1. The van der Waals surface area contributed by atoms with E-state index >= 15 is 0 Å². The number of halogens is 1. The summed E-state index contributed by atoms with van der Waals surface area (Å²) >= 11 is 1.61. The molecule has 1 aliphatic rings. The van der Waals surface area contributed by atoms with Crippen molar-refractivity contribution in [2.75, 3.05) is 18.4 Å². The minimum Gasteiger partial charge on any atom is -0.342 e. The highest BCUT2D eigenvalue weighted by Gasteiger charge is 2.24. The van der Waals surface area contributed by atoms with Gasteiger partial charge in [-0.15, -0.1) is 0 Å². The first kappa shape index (κ1) is 19.5. The quantitative estimate of drug-likeness (QED) is 0.798. The van der Waals surface area contributed by atoms with Gasteiger partial charge in [-0.05, 0) is 78.3 Å². The summed E-state index contributed by atoms with van der Waals surface area (Å²) in [5, 5.41) is 6.86. The van der Waals surface area contributed by atoms with Crippen LogP contribution in [0.5, 0.6) is 0 Å². The zero-order valence-electron chi connectivity index (χ0n) is 15.5. The average molecular weight is 389 g/mol. The van der Waals surface area contributed by atoms with Gasteiger partial charge in [-0.2, -0.15) is 11.3 Å². The van der Waals surface area contributed by atoms with E-state index in [1.165, 1.54) is 12.1 Å². The molecule has 1 N–H and O–H groups in total. The van der Waals surface area contributed by atoms with E-state index in [0.717, 1.165) is 37.9 Å². The van der Waals surface area contributed by atoms with Crippen LogP contribution in [0.2, 0.25) is 0 Å². The number of amides is 2. The van der Waals surface area contributed by atoms with Crippen molar-refractivity contribution in [2.24, 2.45) is 5.92 Å². The van der Waals surface area contributed by atoms with Crippen molar-refractivity contribution in [1.29, 1.82) is 0 Å². The number of nitrogens with zero attached hydrogens (tertiary/aromatic N) is 1. The topological polar surface area (TPSA) is 49.4 Å². The number of nitrogens with one attached hydrogen (secondary N) is 1. The maximum Gasteiger partial charge on any atom is 0.227 e. The van der Waals surface area contributed by atoms with Crippen LogP contribution in [0.15, 0.2) is 35.0 Å². The smallest absolute Gasteiger partial charge is 0.227 e. The lowest BCUT2D eigenvalue weighted by molar-refractivity contribution is -0.132. The Balaban J connectivity index is 1.46. The fourth-order valence-corrected chi connectivity index (χ4v) is 4.19. The summed E-state index contributed by atoms with van der Waals surface area (Å²) in [6.45, 7) is 3.31. The summed E-state index contributed by atoms with van der Waals surface area (Å²) in [7, 11) is 0. The zero-order valence-corrected chi connectivity index (χ0v) is 16.4. The Morgan fingerprint density at radius 1 is 1.33 bits per heavy atom. The molecule has 6 heteroatoms. The van der Waals surface area contributed by atoms with Crippen LogP contribution in [0, 0.1) is 18.7 Å². The van der Waals surface area contributed by atoms with Gasteiger partial charge in [0.2, 0.25) is 11.8 Å². The molecule has 1 aromatic heterocycles. The van der Waals surface area contributed by atoms with E-state index in [9.17, 15) is 14.0 Å². The van der Waals surface area contributed by atoms with Crippen LogP contribution in [-0.4, -0.2) is 29.8 Å². The third-order valence-corrected chi connectivity index (χ3v) is 5.78. The second kappa shape index (κ2) is 9.13. The second-order valence-electron chi connectivity index (χ2n) is 7.20. The van der Waals surface area contributed by atoms with E-state index in [1.807, 2.05) is 21.7 Å². The number of carbonyl (C=O) groups is 2. The van der Waals surface area contributed by atoms with Crippen LogP contribution in [0.25, 0.3) is 0 Å². The molecule has 1 atom stereocenters. The molecule has 0 aliphatic carbocycles. The van der Waals surface area contributed by atoms with E-state index < -0.39 is 0 Å². The number of likely N-dealkylation sites (tertiary alicyclic amines) is 1. The molecule has 27 heavy (non-hydrogen) atoms. The maximum atomic E-state index is 13.2. The summed E-state index contributed by atoms with van der Waals surface area (Å²) in [5.74, 6) is 0.154. The molecule has 144 valence electrons. The molecule has 4 nitrogen and oxygen atoms in total. The molecule has 2 amide bonds. The van der Waals surface area contributed by atoms with E-state index in [-0.39, 0.29) is 17.6 Å². The molecule has 3 rings (SSSR count). The molecule has 0 unspecified atom stereocenters. The highest BCUT2D eigenvalue weighted by atomic mass is 32.1. The predicted molar refractivity (Wildman–Crippen MR) is 106 cm³/mol. The van der Waals surface area contributed by atoms with Crippen molar-refractivity contribution < 1.29 is 14.0 Å². The highest BCUT2D eigenvalue weighted by molar-refractivity contribution is 7.08. The van der Waals surface area contributed by atoms with Gasteiger partial charge in [-0.1, -0.05) is 0 Å². The Morgan fingerprint density at radius 2 is 2.19 bits per heavy atom. The first-order valence-corrected chi connectivity index (χ1v) is 10.3. The van der Waals surface area contributed by atoms with Crippen molar-refractivity contribution in [2.45, 2.75) is 39.0 Å². The Bertz CT molecular complexity index is 791. The van der Waals surface area contributed by atoms with Crippen LogP contribution >= 0.6 is 11.3 Å². The molecule has 0 radical (unpaired) electrons. The lowest BCUT2D eigenvalue weighted by Crippen LogP contribution is -2.40. The summed E-state index contributed by atoms with van der Waals surface area (Å²) in [4.78, 5) is 26.6. The summed E-state index contributed by atoms with van der Waals surface area (Å²) < 4.78 is 13.2. The molecule has 0 bridgehead atoms. The normalized spacial score (nSPS) is 17.0. The average Bonchev–Trinajstić information content (AvgIpc) is 3.15. The summed E-state index contributed by atoms with van der Waals surface area (Å²) in [6, 6.07) is 6.34. The van der Waals surface area contributed by atoms with E-state index in [4.69, 9.17) is 0 Å².